The van der Waals surface area contributed by atoms with E-state index in [1.165, 1.54) is 5.56 Å². The highest BCUT2D eigenvalue weighted by atomic mass is 35.5. The molecular weight excluding hydrogens is 282 g/mol. The second kappa shape index (κ2) is 6.97. The zero-order valence-corrected chi connectivity index (χ0v) is 13.4. The molecule has 2 aromatic carbocycles. The minimum absolute atomic E-state index is 0.0858. The third kappa shape index (κ3) is 3.99. The van der Waals surface area contributed by atoms with Gasteiger partial charge in [-0.05, 0) is 36.6 Å². The van der Waals surface area contributed by atoms with Gasteiger partial charge in [-0.15, -0.1) is 0 Å². The molecule has 0 amide bonds. The Morgan fingerprint density at radius 1 is 1.14 bits per heavy atom. The Balaban J connectivity index is 2.02. The molecule has 2 nitrogen and oxygen atoms in total. The number of aryl methyl sites for hydroxylation is 1. The number of ether oxygens (including phenoxy) is 1. The minimum Gasteiger partial charge on any atom is -0.492 e. The molecule has 2 N–H and O–H groups in total. The summed E-state index contributed by atoms with van der Waals surface area (Å²) in [5, 5.41) is 0.648. The van der Waals surface area contributed by atoms with Crippen LogP contribution >= 0.6 is 11.6 Å². The molecule has 1 unspecified atom stereocenters. The number of nitrogens with two attached hydrogens (primary N) is 1. The van der Waals surface area contributed by atoms with Crippen LogP contribution in [0.3, 0.4) is 0 Å². The molecular formula is C18H22ClNO. The molecule has 0 bridgehead atoms. The van der Waals surface area contributed by atoms with Gasteiger partial charge in [0.25, 0.3) is 0 Å². The number of rotatable bonds is 6. The van der Waals surface area contributed by atoms with Gasteiger partial charge in [-0.2, -0.15) is 0 Å². The predicted octanol–water partition coefficient (Wildman–Crippen LogP) is 4.33. The Bertz CT molecular complexity index is 585. The van der Waals surface area contributed by atoms with Crippen LogP contribution in [0.1, 0.15) is 24.5 Å². The molecule has 1 atom stereocenters. The third-order valence-corrected chi connectivity index (χ3v) is 4.23. The lowest BCUT2D eigenvalue weighted by Gasteiger charge is -2.28. The van der Waals surface area contributed by atoms with Crippen LogP contribution in [-0.4, -0.2) is 13.2 Å². The predicted molar refractivity (Wildman–Crippen MR) is 89.1 cm³/mol. The monoisotopic (exact) mass is 303 g/mol. The van der Waals surface area contributed by atoms with Gasteiger partial charge in [0.15, 0.2) is 0 Å². The summed E-state index contributed by atoms with van der Waals surface area (Å²) in [5.74, 6) is 0.740. The lowest BCUT2D eigenvalue weighted by molar-refractivity contribution is 0.267. The molecule has 112 valence electrons. The quantitative estimate of drug-likeness (QED) is 0.862. The first-order valence-corrected chi connectivity index (χ1v) is 7.57. The van der Waals surface area contributed by atoms with Gasteiger partial charge in [0.2, 0.25) is 0 Å². The Labute approximate surface area is 131 Å². The minimum atomic E-state index is -0.0858. The molecule has 2 aromatic rings. The fourth-order valence-electron chi connectivity index (χ4n) is 2.31. The normalized spacial score (nSPS) is 13.7. The van der Waals surface area contributed by atoms with Crippen LogP contribution in [-0.2, 0) is 5.41 Å². The van der Waals surface area contributed by atoms with E-state index in [0.717, 1.165) is 17.7 Å². The van der Waals surface area contributed by atoms with E-state index in [-0.39, 0.29) is 5.41 Å². The van der Waals surface area contributed by atoms with Gasteiger partial charge in [-0.25, -0.2) is 0 Å². The molecule has 2 rings (SSSR count). The first-order valence-electron chi connectivity index (χ1n) is 7.20. The summed E-state index contributed by atoms with van der Waals surface area (Å²) in [6.45, 7) is 5.37. The van der Waals surface area contributed by atoms with Crippen molar-refractivity contribution in [1.82, 2.24) is 0 Å². The summed E-state index contributed by atoms with van der Waals surface area (Å²) < 4.78 is 5.85. The molecule has 0 spiro atoms. The van der Waals surface area contributed by atoms with Gasteiger partial charge in [0, 0.05) is 12.0 Å². The van der Waals surface area contributed by atoms with E-state index in [2.05, 4.69) is 19.1 Å². The molecule has 0 aliphatic heterocycles. The van der Waals surface area contributed by atoms with Gasteiger partial charge < -0.3 is 10.5 Å². The van der Waals surface area contributed by atoms with Crippen molar-refractivity contribution in [2.24, 2.45) is 5.73 Å². The number of halogens is 1. The Morgan fingerprint density at radius 3 is 2.52 bits per heavy atom. The Hall–Kier alpha value is -1.51. The molecule has 0 aliphatic rings. The van der Waals surface area contributed by atoms with Crippen LogP contribution in [0.4, 0.5) is 0 Å². The molecule has 21 heavy (non-hydrogen) atoms. The second-order valence-corrected chi connectivity index (χ2v) is 6.07. The van der Waals surface area contributed by atoms with Crippen LogP contribution < -0.4 is 10.5 Å². The average molecular weight is 304 g/mol. The van der Waals surface area contributed by atoms with E-state index in [9.17, 15) is 0 Å². The summed E-state index contributed by atoms with van der Waals surface area (Å²) in [6, 6.07) is 16.1. The summed E-state index contributed by atoms with van der Waals surface area (Å²) in [4.78, 5) is 0. The molecule has 0 aliphatic carbocycles. The van der Waals surface area contributed by atoms with Crippen LogP contribution in [0.2, 0.25) is 5.02 Å². The maximum atomic E-state index is 6.15. The SMILES string of the molecule is Cc1ccc(Cl)c(OCCC(C)(CN)c2ccccc2)c1. The van der Waals surface area contributed by atoms with E-state index in [0.29, 0.717) is 18.2 Å². The maximum Gasteiger partial charge on any atom is 0.138 e. The molecule has 0 radical (unpaired) electrons. The lowest BCUT2D eigenvalue weighted by Crippen LogP contribution is -2.33. The van der Waals surface area contributed by atoms with Gasteiger partial charge in [-0.1, -0.05) is 54.9 Å². The van der Waals surface area contributed by atoms with E-state index in [4.69, 9.17) is 22.1 Å². The first kappa shape index (κ1) is 15.9. The summed E-state index contributed by atoms with van der Waals surface area (Å²) in [5.41, 5.74) is 8.29. The fraction of sp³-hybridized carbons (Fsp3) is 0.333. The standard InChI is InChI=1S/C18H22ClNO/c1-14-8-9-16(19)17(12-14)21-11-10-18(2,13-20)15-6-4-3-5-7-15/h3-9,12H,10-11,13,20H2,1-2H3. The van der Waals surface area contributed by atoms with Gasteiger partial charge in [0.05, 0.1) is 11.6 Å². The van der Waals surface area contributed by atoms with Gasteiger partial charge in [0.1, 0.15) is 5.75 Å². The van der Waals surface area contributed by atoms with Crippen molar-refractivity contribution in [1.29, 1.82) is 0 Å². The maximum absolute atomic E-state index is 6.15. The molecule has 0 fully saturated rings. The van der Waals surface area contributed by atoms with Crippen LogP contribution in [0, 0.1) is 6.92 Å². The van der Waals surface area contributed by atoms with Crippen molar-refractivity contribution in [3.05, 3.63) is 64.7 Å². The number of benzene rings is 2. The molecule has 0 saturated carbocycles. The highest BCUT2D eigenvalue weighted by Crippen LogP contribution is 2.29. The van der Waals surface area contributed by atoms with Crippen molar-refractivity contribution in [2.45, 2.75) is 25.7 Å². The van der Waals surface area contributed by atoms with E-state index < -0.39 is 0 Å². The van der Waals surface area contributed by atoms with Crippen molar-refractivity contribution in [3.63, 3.8) is 0 Å². The Kier molecular flexibility index (Phi) is 5.27. The van der Waals surface area contributed by atoms with Crippen LogP contribution in [0.25, 0.3) is 0 Å². The van der Waals surface area contributed by atoms with E-state index in [1.54, 1.807) is 0 Å². The topological polar surface area (TPSA) is 35.2 Å². The zero-order valence-electron chi connectivity index (χ0n) is 12.6. The third-order valence-electron chi connectivity index (χ3n) is 3.92. The lowest BCUT2D eigenvalue weighted by atomic mass is 9.80. The van der Waals surface area contributed by atoms with Gasteiger partial charge in [-0.3, -0.25) is 0 Å². The number of hydrogen-bond acceptors (Lipinski definition) is 2. The molecule has 3 heteroatoms. The van der Waals surface area contributed by atoms with Gasteiger partial charge >= 0.3 is 0 Å². The number of hydrogen-bond donors (Lipinski definition) is 1. The van der Waals surface area contributed by atoms with Crippen LogP contribution in [0.5, 0.6) is 5.75 Å². The van der Waals surface area contributed by atoms with E-state index >= 15 is 0 Å². The van der Waals surface area contributed by atoms with Crippen molar-refractivity contribution >= 4 is 11.6 Å². The molecule has 0 heterocycles. The van der Waals surface area contributed by atoms with Crippen molar-refractivity contribution in [2.75, 3.05) is 13.2 Å². The van der Waals surface area contributed by atoms with Crippen LogP contribution in [0.15, 0.2) is 48.5 Å². The highest BCUT2D eigenvalue weighted by molar-refractivity contribution is 6.32. The summed E-state index contributed by atoms with van der Waals surface area (Å²) in [7, 11) is 0. The largest absolute Gasteiger partial charge is 0.492 e. The average Bonchev–Trinajstić information content (AvgIpc) is 2.51. The zero-order chi connectivity index (χ0) is 15.3. The fourth-order valence-corrected chi connectivity index (χ4v) is 2.48. The summed E-state index contributed by atoms with van der Waals surface area (Å²) in [6.07, 6.45) is 0.845. The van der Waals surface area contributed by atoms with Crippen molar-refractivity contribution in [3.8, 4) is 5.75 Å². The smallest absolute Gasteiger partial charge is 0.138 e. The van der Waals surface area contributed by atoms with Crippen molar-refractivity contribution < 1.29 is 4.74 Å². The second-order valence-electron chi connectivity index (χ2n) is 5.66. The van der Waals surface area contributed by atoms with E-state index in [1.807, 2.05) is 43.3 Å². The summed E-state index contributed by atoms with van der Waals surface area (Å²) >= 11 is 6.15. The first-order chi connectivity index (χ1) is 10.0. The molecule has 0 saturated heterocycles. The Morgan fingerprint density at radius 2 is 1.86 bits per heavy atom. The highest BCUT2D eigenvalue weighted by Gasteiger charge is 2.24. The molecule has 0 aromatic heterocycles.